The minimum absolute atomic E-state index is 0.244. The van der Waals surface area contributed by atoms with Gasteiger partial charge < -0.3 is 9.84 Å². The van der Waals surface area contributed by atoms with Gasteiger partial charge in [0.1, 0.15) is 5.76 Å². The zero-order chi connectivity index (χ0) is 14.1. The lowest BCUT2D eigenvalue weighted by Gasteiger charge is -2.16. The summed E-state index contributed by atoms with van der Waals surface area (Å²) in [5.74, 6) is 1.16. The molecule has 1 aliphatic rings. The lowest BCUT2D eigenvalue weighted by atomic mass is 9.88. The first-order valence-electron chi connectivity index (χ1n) is 6.68. The van der Waals surface area contributed by atoms with Crippen molar-refractivity contribution in [2.45, 2.75) is 26.2 Å². The van der Waals surface area contributed by atoms with Gasteiger partial charge in [0.25, 0.3) is 5.91 Å². The van der Waals surface area contributed by atoms with Gasteiger partial charge in [0, 0.05) is 22.7 Å². The number of nitrogens with zero attached hydrogens (tertiary/aromatic N) is 1. The smallest absolute Gasteiger partial charge is 0.278 e. The summed E-state index contributed by atoms with van der Waals surface area (Å²) in [6, 6.07) is 7.04. The predicted octanol–water partition coefficient (Wildman–Crippen LogP) is 3.71. The molecule has 1 N–H and O–H groups in total. The first-order chi connectivity index (χ1) is 9.63. The van der Waals surface area contributed by atoms with Crippen LogP contribution in [0.2, 0.25) is 5.02 Å². The molecule has 0 saturated heterocycles. The molecule has 0 fully saturated rings. The Bertz CT molecular complexity index is 651. The molecular weight excluding hydrogens is 276 g/mol. The fourth-order valence-electron chi connectivity index (χ4n) is 2.51. The molecule has 3 rings (SSSR count). The summed E-state index contributed by atoms with van der Waals surface area (Å²) in [6.07, 6.45) is 2.78. The number of nitrogens with one attached hydrogen (secondary N) is 1. The van der Waals surface area contributed by atoms with E-state index in [0.29, 0.717) is 22.3 Å². The highest BCUT2D eigenvalue weighted by atomic mass is 35.5. The highest BCUT2D eigenvalue weighted by molar-refractivity contribution is 6.30. The molecule has 20 heavy (non-hydrogen) atoms. The van der Waals surface area contributed by atoms with Crippen molar-refractivity contribution in [1.29, 1.82) is 0 Å². The number of carbonyl (C=O) groups excluding carboxylic acids is 1. The van der Waals surface area contributed by atoms with Crippen molar-refractivity contribution in [3.8, 4) is 0 Å². The third-order valence-electron chi connectivity index (χ3n) is 3.58. The number of anilines is 1. The number of hydrogen-bond donors (Lipinski definition) is 1. The van der Waals surface area contributed by atoms with Gasteiger partial charge in [0.15, 0.2) is 5.69 Å². The molecule has 1 atom stereocenters. The van der Waals surface area contributed by atoms with Crippen LogP contribution in [-0.2, 0) is 12.8 Å². The fraction of sp³-hybridized carbons (Fsp3) is 0.333. The topological polar surface area (TPSA) is 55.1 Å². The maximum atomic E-state index is 12.3. The second kappa shape index (κ2) is 5.29. The molecule has 0 saturated carbocycles. The lowest BCUT2D eigenvalue weighted by molar-refractivity contribution is 0.101. The van der Waals surface area contributed by atoms with Gasteiger partial charge in [0.05, 0.1) is 0 Å². The van der Waals surface area contributed by atoms with Gasteiger partial charge in [-0.1, -0.05) is 29.7 Å². The Morgan fingerprint density at radius 2 is 2.35 bits per heavy atom. The number of hydrogen-bond acceptors (Lipinski definition) is 3. The molecular formula is C15H15ClN2O2. The molecule has 5 heteroatoms. The summed E-state index contributed by atoms with van der Waals surface area (Å²) in [4.78, 5) is 12.3. The van der Waals surface area contributed by atoms with E-state index in [0.717, 1.165) is 30.6 Å². The molecule has 1 unspecified atom stereocenters. The summed E-state index contributed by atoms with van der Waals surface area (Å²) >= 11 is 5.90. The van der Waals surface area contributed by atoms with E-state index >= 15 is 0 Å². The van der Waals surface area contributed by atoms with E-state index in [1.165, 1.54) is 0 Å². The van der Waals surface area contributed by atoms with Crippen molar-refractivity contribution < 1.29 is 9.32 Å². The predicted molar refractivity (Wildman–Crippen MR) is 77.1 cm³/mol. The quantitative estimate of drug-likeness (QED) is 0.917. The van der Waals surface area contributed by atoms with E-state index in [1.54, 1.807) is 24.3 Å². The van der Waals surface area contributed by atoms with Crippen LogP contribution < -0.4 is 5.32 Å². The van der Waals surface area contributed by atoms with E-state index in [2.05, 4.69) is 17.4 Å². The first kappa shape index (κ1) is 13.2. The lowest BCUT2D eigenvalue weighted by Crippen LogP contribution is -2.17. The standard InChI is InChI=1S/C15H15ClN2O2/c1-9-5-6-13-12(7-9)14(18-20-13)15(19)17-11-4-2-3-10(16)8-11/h2-4,8-9H,5-7H2,1H3,(H,17,19). The van der Waals surface area contributed by atoms with Crippen LogP contribution in [0.1, 0.15) is 35.2 Å². The summed E-state index contributed by atoms with van der Waals surface area (Å²) < 4.78 is 5.28. The normalized spacial score (nSPS) is 17.6. The van der Waals surface area contributed by atoms with Gasteiger partial charge in [-0.05, 0) is 37.0 Å². The second-order valence-electron chi connectivity index (χ2n) is 5.25. The number of amides is 1. The van der Waals surface area contributed by atoms with Gasteiger partial charge in [-0.15, -0.1) is 0 Å². The molecule has 104 valence electrons. The van der Waals surface area contributed by atoms with E-state index < -0.39 is 0 Å². The van der Waals surface area contributed by atoms with E-state index in [-0.39, 0.29) is 5.91 Å². The Labute approximate surface area is 122 Å². The van der Waals surface area contributed by atoms with Gasteiger partial charge in [-0.25, -0.2) is 0 Å². The summed E-state index contributed by atoms with van der Waals surface area (Å²) in [7, 11) is 0. The van der Waals surface area contributed by atoms with Crippen molar-refractivity contribution in [2.75, 3.05) is 5.32 Å². The monoisotopic (exact) mass is 290 g/mol. The van der Waals surface area contributed by atoms with E-state index in [4.69, 9.17) is 16.1 Å². The molecule has 0 radical (unpaired) electrons. The molecule has 4 nitrogen and oxygen atoms in total. The van der Waals surface area contributed by atoms with Gasteiger partial charge >= 0.3 is 0 Å². The SMILES string of the molecule is CC1CCc2onc(C(=O)Nc3cccc(Cl)c3)c2C1. The Morgan fingerprint density at radius 1 is 1.50 bits per heavy atom. The number of aromatic nitrogens is 1. The second-order valence-corrected chi connectivity index (χ2v) is 5.68. The molecule has 0 bridgehead atoms. The summed E-state index contributed by atoms with van der Waals surface area (Å²) in [5, 5.41) is 7.32. The average molecular weight is 291 g/mol. The Kier molecular flexibility index (Phi) is 3.49. The Hall–Kier alpha value is -1.81. The molecule has 0 spiro atoms. The molecule has 1 aromatic heterocycles. The molecule has 1 aromatic carbocycles. The molecule has 1 aliphatic carbocycles. The largest absolute Gasteiger partial charge is 0.360 e. The van der Waals surface area contributed by atoms with Crippen LogP contribution in [0.4, 0.5) is 5.69 Å². The zero-order valence-corrected chi connectivity index (χ0v) is 11.9. The number of rotatable bonds is 2. The average Bonchev–Trinajstić information content (AvgIpc) is 2.81. The highest BCUT2D eigenvalue weighted by Gasteiger charge is 2.26. The number of carbonyl (C=O) groups is 1. The number of aryl methyl sites for hydroxylation is 1. The highest BCUT2D eigenvalue weighted by Crippen LogP contribution is 2.28. The van der Waals surface area contributed by atoms with Crippen molar-refractivity contribution in [1.82, 2.24) is 5.16 Å². The number of benzene rings is 1. The third-order valence-corrected chi connectivity index (χ3v) is 3.82. The summed E-state index contributed by atoms with van der Waals surface area (Å²) in [5.41, 5.74) is 2.00. The van der Waals surface area contributed by atoms with Crippen LogP contribution in [0, 0.1) is 5.92 Å². The van der Waals surface area contributed by atoms with Gasteiger partial charge in [-0.3, -0.25) is 4.79 Å². The van der Waals surface area contributed by atoms with Gasteiger partial charge in [-0.2, -0.15) is 0 Å². The van der Waals surface area contributed by atoms with Crippen LogP contribution in [0.3, 0.4) is 0 Å². The van der Waals surface area contributed by atoms with Crippen molar-refractivity contribution >= 4 is 23.2 Å². The van der Waals surface area contributed by atoms with Gasteiger partial charge in [0.2, 0.25) is 0 Å². The van der Waals surface area contributed by atoms with Crippen LogP contribution in [0.5, 0.6) is 0 Å². The maximum Gasteiger partial charge on any atom is 0.278 e. The number of halogens is 1. The third kappa shape index (κ3) is 2.56. The molecule has 1 heterocycles. The maximum absolute atomic E-state index is 12.3. The van der Waals surface area contributed by atoms with Crippen LogP contribution in [0.25, 0.3) is 0 Å². The van der Waals surface area contributed by atoms with E-state index in [9.17, 15) is 4.79 Å². The number of fused-ring (bicyclic) bond motifs is 1. The molecule has 0 aliphatic heterocycles. The van der Waals surface area contributed by atoms with Crippen LogP contribution >= 0.6 is 11.6 Å². The zero-order valence-electron chi connectivity index (χ0n) is 11.1. The minimum Gasteiger partial charge on any atom is -0.360 e. The minimum atomic E-state index is -0.244. The first-order valence-corrected chi connectivity index (χ1v) is 7.05. The fourth-order valence-corrected chi connectivity index (χ4v) is 2.70. The van der Waals surface area contributed by atoms with Crippen molar-refractivity contribution in [2.24, 2.45) is 5.92 Å². The van der Waals surface area contributed by atoms with Crippen molar-refractivity contribution in [3.63, 3.8) is 0 Å². The molecule has 2 aromatic rings. The summed E-state index contributed by atoms with van der Waals surface area (Å²) in [6.45, 7) is 2.18. The Balaban J connectivity index is 1.83. The molecule has 1 amide bonds. The van der Waals surface area contributed by atoms with Crippen molar-refractivity contribution in [3.05, 3.63) is 46.3 Å². The Morgan fingerprint density at radius 3 is 3.15 bits per heavy atom. The van der Waals surface area contributed by atoms with Crippen LogP contribution in [0.15, 0.2) is 28.8 Å². The van der Waals surface area contributed by atoms with E-state index in [1.807, 2.05) is 0 Å². The van der Waals surface area contributed by atoms with Crippen LogP contribution in [-0.4, -0.2) is 11.1 Å².